The average Bonchev–Trinajstić information content (AvgIpc) is 2.92. The van der Waals surface area contributed by atoms with Gasteiger partial charge in [0, 0.05) is 11.5 Å². The fourth-order valence-corrected chi connectivity index (χ4v) is 5.92. The second-order valence-electron chi connectivity index (χ2n) is 10.7. The maximum Gasteiger partial charge on any atom is 0.474 e. The van der Waals surface area contributed by atoms with Crippen molar-refractivity contribution in [1.29, 1.82) is 0 Å². The molecule has 0 spiro atoms. The molecule has 3 rings (SSSR count). The van der Waals surface area contributed by atoms with Gasteiger partial charge in [-0.1, -0.05) is 80.8 Å². The largest absolute Gasteiger partial charge is 0.507 e. The van der Waals surface area contributed by atoms with Crippen molar-refractivity contribution in [2.75, 3.05) is 6.54 Å². The van der Waals surface area contributed by atoms with E-state index in [1.807, 2.05) is 19.9 Å². The molecule has 9 heteroatoms. The minimum absolute atomic E-state index is 0.0453. The van der Waals surface area contributed by atoms with Crippen LogP contribution < -0.4 is 10.1 Å². The first-order chi connectivity index (χ1) is 19.5. The quantitative estimate of drug-likeness (QED) is 0.0498. The van der Waals surface area contributed by atoms with E-state index in [1.165, 1.54) is 5.57 Å². The number of allylic oxidation sites excluding steroid dienone is 3. The van der Waals surface area contributed by atoms with E-state index >= 15 is 0 Å². The van der Waals surface area contributed by atoms with Crippen LogP contribution in [0.2, 0.25) is 0 Å². The molecule has 0 aromatic heterocycles. The summed E-state index contributed by atoms with van der Waals surface area (Å²) in [5.74, 6) is -0.862. The van der Waals surface area contributed by atoms with Gasteiger partial charge in [0.05, 0.1) is 6.61 Å². The Balaban J connectivity index is 1.91. The molecule has 41 heavy (non-hydrogen) atoms. The van der Waals surface area contributed by atoms with E-state index in [9.17, 15) is 19.4 Å². The summed E-state index contributed by atoms with van der Waals surface area (Å²) in [5.41, 5.74) is 4.17. The Labute approximate surface area is 244 Å². The lowest BCUT2D eigenvalue weighted by atomic mass is 9.73. The normalized spacial score (nSPS) is 19.2. The fourth-order valence-electron chi connectivity index (χ4n) is 5.12. The molecule has 0 aliphatic heterocycles. The molecular formula is C32H44NO7P. The van der Waals surface area contributed by atoms with Gasteiger partial charge in [0.15, 0.2) is 0 Å². The van der Waals surface area contributed by atoms with E-state index in [0.717, 1.165) is 43.2 Å². The van der Waals surface area contributed by atoms with E-state index in [4.69, 9.17) is 13.8 Å². The fraction of sp³-hybridized carbons (Fsp3) is 0.469. The molecule has 4 atom stereocenters. The molecule has 1 aliphatic rings. The summed E-state index contributed by atoms with van der Waals surface area (Å²) in [7, 11) is -4.64. The number of nitrogens with one attached hydrogen (secondary N) is 1. The number of aryl methyl sites for hydroxylation is 1. The van der Waals surface area contributed by atoms with Crippen molar-refractivity contribution in [3.63, 3.8) is 0 Å². The maximum absolute atomic E-state index is 13.4. The average molecular weight is 586 g/mol. The summed E-state index contributed by atoms with van der Waals surface area (Å²) < 4.78 is 29.0. The molecular weight excluding hydrogens is 541 g/mol. The minimum Gasteiger partial charge on any atom is -0.507 e. The molecule has 2 aromatic carbocycles. The molecule has 0 fully saturated rings. The van der Waals surface area contributed by atoms with Crippen LogP contribution in [0.5, 0.6) is 11.5 Å². The van der Waals surface area contributed by atoms with Gasteiger partial charge in [-0.25, -0.2) is 9.36 Å². The number of phenolic OH excluding ortho intramolecular Hbond substituents is 1. The topological polar surface area (TPSA) is 114 Å². The molecule has 0 radical (unpaired) electrons. The first kappa shape index (κ1) is 32.8. The lowest BCUT2D eigenvalue weighted by Gasteiger charge is -2.32. The van der Waals surface area contributed by atoms with Crippen molar-refractivity contribution in [2.45, 2.75) is 85.0 Å². The summed E-state index contributed by atoms with van der Waals surface area (Å²) in [6.07, 6.45) is 6.03. The maximum atomic E-state index is 13.4. The number of phosphoric acid groups is 1. The highest BCUT2D eigenvalue weighted by Crippen LogP contribution is 2.48. The number of unbranched alkanes of at least 4 members (excludes halogenated alkanes) is 2. The van der Waals surface area contributed by atoms with Crippen LogP contribution in [-0.4, -0.2) is 28.7 Å². The van der Waals surface area contributed by atoms with Gasteiger partial charge in [0.1, 0.15) is 11.5 Å². The molecule has 224 valence electrons. The third-order valence-electron chi connectivity index (χ3n) is 7.25. The zero-order chi connectivity index (χ0) is 30.0. The zero-order valence-electron chi connectivity index (χ0n) is 24.6. The third-order valence-corrected chi connectivity index (χ3v) is 8.19. The Kier molecular flexibility index (Phi) is 12.4. The monoisotopic (exact) mass is 585 g/mol. The standard InChI is InChI=1S/C32H44NO7P/c1-6-8-10-15-25-19-28(34)30(27-18-23(5)16-17-26(27)22(3)4)29(20-25)39-32(35)31(33-7-2)40-41(36,37)38-21-24-13-11-9-12-14-24/h9,11-14,18-20,26-27,31,33-34H,3,6-8,10,15-17,21H2,1-2,4-5H3,(H,36,37)/t26-,27+,31?/m0/s1. The Morgan fingerprint density at radius 1 is 1.17 bits per heavy atom. The van der Waals surface area contributed by atoms with Crippen molar-refractivity contribution in [1.82, 2.24) is 5.32 Å². The van der Waals surface area contributed by atoms with E-state index < -0.39 is 20.0 Å². The smallest absolute Gasteiger partial charge is 0.474 e. The van der Waals surface area contributed by atoms with Crippen LogP contribution >= 0.6 is 7.82 Å². The number of phosphoric ester groups is 1. The third kappa shape index (κ3) is 9.66. The molecule has 3 N–H and O–H groups in total. The van der Waals surface area contributed by atoms with Crippen molar-refractivity contribution in [3.8, 4) is 11.5 Å². The highest BCUT2D eigenvalue weighted by molar-refractivity contribution is 7.47. The molecule has 2 aromatic rings. The second kappa shape index (κ2) is 15.5. The van der Waals surface area contributed by atoms with Gasteiger partial charge in [0.2, 0.25) is 6.23 Å². The van der Waals surface area contributed by atoms with Crippen LogP contribution in [0.3, 0.4) is 0 Å². The van der Waals surface area contributed by atoms with E-state index in [1.54, 1.807) is 43.3 Å². The van der Waals surface area contributed by atoms with Crippen molar-refractivity contribution >= 4 is 13.8 Å². The van der Waals surface area contributed by atoms with Crippen molar-refractivity contribution < 1.29 is 33.1 Å². The van der Waals surface area contributed by atoms with Crippen LogP contribution in [0.1, 0.15) is 82.4 Å². The van der Waals surface area contributed by atoms with E-state index in [2.05, 4.69) is 24.9 Å². The van der Waals surface area contributed by atoms with E-state index in [0.29, 0.717) is 17.5 Å². The Morgan fingerprint density at radius 2 is 1.90 bits per heavy atom. The molecule has 0 bridgehead atoms. The molecule has 0 heterocycles. The van der Waals surface area contributed by atoms with Gasteiger partial charge >= 0.3 is 13.8 Å². The van der Waals surface area contributed by atoms with Crippen molar-refractivity contribution in [2.24, 2.45) is 5.92 Å². The predicted octanol–water partition coefficient (Wildman–Crippen LogP) is 7.32. The van der Waals surface area contributed by atoms with Crippen LogP contribution in [0.15, 0.2) is 66.3 Å². The summed E-state index contributed by atoms with van der Waals surface area (Å²) in [5, 5.41) is 14.0. The number of hydrogen-bond donors (Lipinski definition) is 3. The van der Waals surface area contributed by atoms with Crippen LogP contribution in [0.25, 0.3) is 0 Å². The van der Waals surface area contributed by atoms with Gasteiger partial charge in [0.25, 0.3) is 0 Å². The number of likely N-dealkylation sites (N-methyl/N-ethyl adjacent to an activating group) is 1. The Bertz CT molecular complexity index is 1260. The lowest BCUT2D eigenvalue weighted by molar-refractivity contribution is -0.145. The summed E-state index contributed by atoms with van der Waals surface area (Å²) >= 11 is 0. The van der Waals surface area contributed by atoms with Crippen molar-refractivity contribution in [3.05, 3.63) is 83.0 Å². The summed E-state index contributed by atoms with van der Waals surface area (Å²) in [4.78, 5) is 23.8. The number of ether oxygens (including phenoxy) is 1. The molecule has 0 amide bonds. The summed E-state index contributed by atoms with van der Waals surface area (Å²) in [6.45, 7) is 12.1. The molecule has 1 aliphatic carbocycles. The molecule has 0 saturated carbocycles. The molecule has 2 unspecified atom stereocenters. The Morgan fingerprint density at radius 3 is 2.56 bits per heavy atom. The molecule has 0 saturated heterocycles. The van der Waals surface area contributed by atoms with Gasteiger partial charge in [-0.05, 0) is 75.3 Å². The second-order valence-corrected chi connectivity index (χ2v) is 12.1. The van der Waals surface area contributed by atoms with Gasteiger partial charge in [-0.2, -0.15) is 0 Å². The number of rotatable bonds is 15. The van der Waals surface area contributed by atoms with Crippen LogP contribution in [-0.2, 0) is 31.4 Å². The van der Waals surface area contributed by atoms with E-state index in [-0.39, 0.29) is 36.5 Å². The SMILES string of the molecule is C=C(C)[C@@H]1CCC(C)=C[C@H]1c1c(O)cc(CCCCC)cc1OC(=O)C(NCC)OP(=O)(O)OCc1ccccc1. The van der Waals surface area contributed by atoms with Crippen LogP contribution in [0.4, 0.5) is 0 Å². The van der Waals surface area contributed by atoms with Gasteiger partial charge < -0.3 is 14.7 Å². The van der Waals surface area contributed by atoms with Crippen LogP contribution in [0, 0.1) is 5.92 Å². The lowest BCUT2D eigenvalue weighted by Crippen LogP contribution is -2.41. The summed E-state index contributed by atoms with van der Waals surface area (Å²) in [6, 6.07) is 12.4. The van der Waals surface area contributed by atoms with Gasteiger partial charge in [-0.15, -0.1) is 0 Å². The highest BCUT2D eigenvalue weighted by atomic mass is 31.2. The zero-order valence-corrected chi connectivity index (χ0v) is 25.5. The first-order valence-electron chi connectivity index (χ1n) is 14.4. The number of hydrogen-bond acceptors (Lipinski definition) is 7. The predicted molar refractivity (Wildman–Crippen MR) is 161 cm³/mol. The first-order valence-corrected chi connectivity index (χ1v) is 15.9. The number of carbonyl (C=O) groups is 1. The minimum atomic E-state index is -4.64. The number of esters is 1. The highest BCUT2D eigenvalue weighted by Gasteiger charge is 2.35. The number of benzene rings is 2. The molecule has 8 nitrogen and oxygen atoms in total. The number of carbonyl (C=O) groups excluding carboxylic acids is 1. The Hall–Kier alpha value is -2.74. The number of phenols is 1. The number of aromatic hydroxyl groups is 1. The van der Waals surface area contributed by atoms with Gasteiger partial charge in [-0.3, -0.25) is 14.4 Å².